The van der Waals surface area contributed by atoms with Crippen LogP contribution in [0, 0.1) is 12.7 Å². The third-order valence-electron chi connectivity index (χ3n) is 6.83. The molecule has 1 saturated heterocycles. The number of fused-ring (bicyclic) bond motifs is 1. The van der Waals surface area contributed by atoms with Crippen molar-refractivity contribution in [1.82, 2.24) is 24.2 Å². The number of hydrogen-bond donors (Lipinski definition) is 2. The molecule has 0 unspecified atom stereocenters. The fraction of sp³-hybridized carbons (Fsp3) is 0.308. The number of ketones is 1. The molecule has 1 aromatic carbocycles. The second-order valence-electron chi connectivity index (χ2n) is 9.64. The van der Waals surface area contributed by atoms with Crippen molar-refractivity contribution >= 4 is 32.7 Å². The molecule has 6 rings (SSSR count). The average molecular weight is 521 g/mol. The van der Waals surface area contributed by atoms with E-state index in [1.807, 2.05) is 0 Å². The van der Waals surface area contributed by atoms with Crippen LogP contribution in [0.15, 0.2) is 43.0 Å². The number of benzene rings is 1. The SMILES string of the molecule is Cc1cc(NS(=O)(=O)N2CCCC2)c(F)c(C(=O)c2c[nH]c3ncc(-c4cnc(C5CC5)nc4)cc23)c1. The Labute approximate surface area is 213 Å². The van der Waals surface area contributed by atoms with Crippen LogP contribution in [0.4, 0.5) is 10.1 Å². The van der Waals surface area contributed by atoms with Crippen molar-refractivity contribution in [2.45, 2.75) is 38.5 Å². The minimum Gasteiger partial charge on any atom is -0.345 e. The largest absolute Gasteiger partial charge is 0.345 e. The summed E-state index contributed by atoms with van der Waals surface area (Å²) in [6.07, 6.45) is 10.4. The fourth-order valence-electron chi connectivity index (χ4n) is 4.67. The third-order valence-corrected chi connectivity index (χ3v) is 8.35. The molecule has 4 aromatic rings. The van der Waals surface area contributed by atoms with Gasteiger partial charge in [0.15, 0.2) is 11.6 Å². The first-order valence-corrected chi connectivity index (χ1v) is 13.7. The van der Waals surface area contributed by atoms with Crippen LogP contribution in [0.1, 0.15) is 58.9 Å². The maximum atomic E-state index is 15.6. The van der Waals surface area contributed by atoms with E-state index in [1.165, 1.54) is 22.6 Å². The Morgan fingerprint density at radius 2 is 1.73 bits per heavy atom. The Morgan fingerprint density at radius 3 is 2.43 bits per heavy atom. The second-order valence-corrected chi connectivity index (χ2v) is 11.3. The van der Waals surface area contributed by atoms with Gasteiger partial charge < -0.3 is 4.98 Å². The molecule has 2 fully saturated rings. The third kappa shape index (κ3) is 4.49. The van der Waals surface area contributed by atoms with Crippen LogP contribution in [0.5, 0.6) is 0 Å². The number of aryl methyl sites for hydroxylation is 1. The predicted octanol–water partition coefficient (Wildman–Crippen LogP) is 4.33. The smallest absolute Gasteiger partial charge is 0.301 e. The molecule has 2 aliphatic rings. The summed E-state index contributed by atoms with van der Waals surface area (Å²) in [5.41, 5.74) is 2.29. The zero-order valence-corrected chi connectivity index (χ0v) is 21.0. The highest BCUT2D eigenvalue weighted by Crippen LogP contribution is 2.38. The van der Waals surface area contributed by atoms with Gasteiger partial charge in [0, 0.05) is 65.9 Å². The molecule has 0 atom stereocenters. The number of aromatic amines is 1. The lowest BCUT2D eigenvalue weighted by Gasteiger charge is -2.18. The Bertz CT molecular complexity index is 1620. The Balaban J connectivity index is 1.34. The molecule has 11 heteroatoms. The van der Waals surface area contributed by atoms with Gasteiger partial charge >= 0.3 is 10.2 Å². The number of aromatic nitrogens is 4. The standard InChI is InChI=1S/C26H25FN6O3S/c1-15-8-20(23(27)22(9-15)32-37(35,36)33-6-2-3-7-33)24(34)21-14-31-26-19(21)10-17(11-30-26)18-12-28-25(29-13-18)16-4-5-16/h8-14,16,32H,2-7H2,1H3,(H,30,31). The van der Waals surface area contributed by atoms with Gasteiger partial charge in [-0.15, -0.1) is 0 Å². The number of nitrogens with zero attached hydrogens (tertiary/aromatic N) is 4. The molecule has 1 aliphatic heterocycles. The summed E-state index contributed by atoms with van der Waals surface area (Å²) in [6, 6.07) is 4.61. The maximum Gasteiger partial charge on any atom is 0.301 e. The van der Waals surface area contributed by atoms with Crippen molar-refractivity contribution < 1.29 is 17.6 Å². The van der Waals surface area contributed by atoms with Gasteiger partial charge in [0.25, 0.3) is 0 Å². The van der Waals surface area contributed by atoms with Crippen LogP contribution in [0.3, 0.4) is 0 Å². The summed E-state index contributed by atoms with van der Waals surface area (Å²) >= 11 is 0. The monoisotopic (exact) mass is 520 g/mol. The van der Waals surface area contributed by atoms with Gasteiger partial charge in [-0.05, 0) is 56.4 Å². The van der Waals surface area contributed by atoms with Gasteiger partial charge in [0.2, 0.25) is 0 Å². The highest BCUT2D eigenvalue weighted by Gasteiger charge is 2.29. The molecule has 0 radical (unpaired) electrons. The van der Waals surface area contributed by atoms with E-state index in [4.69, 9.17) is 0 Å². The van der Waals surface area contributed by atoms with E-state index in [9.17, 15) is 13.2 Å². The topological polar surface area (TPSA) is 121 Å². The van der Waals surface area contributed by atoms with Gasteiger partial charge in [0.05, 0.1) is 11.3 Å². The molecular formula is C26H25FN6O3S. The Hall–Kier alpha value is -3.70. The molecule has 4 heterocycles. The van der Waals surface area contributed by atoms with E-state index >= 15 is 4.39 Å². The van der Waals surface area contributed by atoms with E-state index < -0.39 is 21.8 Å². The summed E-state index contributed by atoms with van der Waals surface area (Å²) in [5, 5.41) is 0.522. The molecule has 37 heavy (non-hydrogen) atoms. The van der Waals surface area contributed by atoms with E-state index in [-0.39, 0.29) is 16.8 Å². The molecule has 2 N–H and O–H groups in total. The van der Waals surface area contributed by atoms with Crippen LogP contribution >= 0.6 is 0 Å². The minimum absolute atomic E-state index is 0.220. The summed E-state index contributed by atoms with van der Waals surface area (Å²) < 4.78 is 44.6. The first-order valence-electron chi connectivity index (χ1n) is 12.2. The minimum atomic E-state index is -3.92. The van der Waals surface area contributed by atoms with E-state index in [0.29, 0.717) is 35.6 Å². The first-order chi connectivity index (χ1) is 17.8. The van der Waals surface area contributed by atoms with Crippen LogP contribution in [0.2, 0.25) is 0 Å². The number of anilines is 1. The quantitative estimate of drug-likeness (QED) is 0.350. The number of hydrogen-bond acceptors (Lipinski definition) is 6. The average Bonchev–Trinajstić information content (AvgIpc) is 3.40. The highest BCUT2D eigenvalue weighted by molar-refractivity contribution is 7.90. The summed E-state index contributed by atoms with van der Waals surface area (Å²) in [6.45, 7) is 2.45. The van der Waals surface area contributed by atoms with Crippen molar-refractivity contribution in [2.24, 2.45) is 0 Å². The number of halogens is 1. The van der Waals surface area contributed by atoms with Crippen LogP contribution in [-0.2, 0) is 10.2 Å². The van der Waals surface area contributed by atoms with E-state index in [2.05, 4.69) is 24.7 Å². The first kappa shape index (κ1) is 23.7. The highest BCUT2D eigenvalue weighted by atomic mass is 32.2. The number of nitrogens with one attached hydrogen (secondary N) is 2. The van der Waals surface area contributed by atoms with Gasteiger partial charge in [-0.3, -0.25) is 9.52 Å². The Morgan fingerprint density at radius 1 is 1.03 bits per heavy atom. The summed E-state index contributed by atoms with van der Waals surface area (Å²) in [4.78, 5) is 29.8. The molecule has 3 aromatic heterocycles. The lowest BCUT2D eigenvalue weighted by Crippen LogP contribution is -2.33. The summed E-state index contributed by atoms with van der Waals surface area (Å²) in [5.74, 6) is -0.215. The zero-order chi connectivity index (χ0) is 25.7. The molecule has 9 nitrogen and oxygen atoms in total. The van der Waals surface area contributed by atoms with E-state index in [0.717, 1.165) is 42.6 Å². The van der Waals surface area contributed by atoms with E-state index in [1.54, 1.807) is 31.6 Å². The Kier molecular flexibility index (Phi) is 5.76. The van der Waals surface area contributed by atoms with Crippen molar-refractivity contribution in [3.05, 3.63) is 71.3 Å². The fourth-order valence-corrected chi connectivity index (χ4v) is 5.97. The van der Waals surface area contributed by atoms with Crippen molar-refractivity contribution in [2.75, 3.05) is 17.8 Å². The molecule has 0 amide bonds. The molecule has 1 aliphatic carbocycles. The number of carbonyl (C=O) groups is 1. The van der Waals surface area contributed by atoms with Crippen molar-refractivity contribution in [3.63, 3.8) is 0 Å². The lowest BCUT2D eigenvalue weighted by molar-refractivity contribution is 0.103. The number of carbonyl (C=O) groups excluding carboxylic acids is 1. The number of H-pyrrole nitrogens is 1. The second kappa shape index (κ2) is 9.00. The van der Waals surface area contributed by atoms with Crippen molar-refractivity contribution in [3.8, 4) is 11.1 Å². The van der Waals surface area contributed by atoms with Gasteiger partial charge in [0.1, 0.15) is 11.5 Å². The summed E-state index contributed by atoms with van der Waals surface area (Å²) in [7, 11) is -3.92. The van der Waals surface area contributed by atoms with Crippen molar-refractivity contribution in [1.29, 1.82) is 0 Å². The van der Waals surface area contributed by atoms with Crippen LogP contribution in [-0.4, -0.2) is 51.5 Å². The molecule has 190 valence electrons. The van der Waals surface area contributed by atoms with Crippen LogP contribution in [0.25, 0.3) is 22.2 Å². The molecular weight excluding hydrogens is 495 g/mol. The van der Waals surface area contributed by atoms with Gasteiger partial charge in [-0.1, -0.05) is 0 Å². The van der Waals surface area contributed by atoms with Gasteiger partial charge in [-0.25, -0.2) is 19.3 Å². The maximum absolute atomic E-state index is 15.6. The molecule has 0 spiro atoms. The number of pyridine rings is 1. The normalized spacial score (nSPS) is 16.4. The molecule has 1 saturated carbocycles. The predicted molar refractivity (Wildman–Crippen MR) is 137 cm³/mol. The van der Waals surface area contributed by atoms with Crippen LogP contribution < -0.4 is 4.72 Å². The molecule has 0 bridgehead atoms. The lowest BCUT2D eigenvalue weighted by atomic mass is 9.99. The zero-order valence-electron chi connectivity index (χ0n) is 20.2. The van der Waals surface area contributed by atoms with Gasteiger partial charge in [-0.2, -0.15) is 12.7 Å². The number of rotatable bonds is 7.